The third-order valence-corrected chi connectivity index (χ3v) is 2.23. The van der Waals surface area contributed by atoms with Crippen LogP contribution in [-0.4, -0.2) is 13.2 Å². The van der Waals surface area contributed by atoms with E-state index in [2.05, 4.69) is 6.92 Å². The second-order valence-electron chi connectivity index (χ2n) is 3.20. The molecule has 0 atom stereocenters. The largest absolute Gasteiger partial charge is 0.490 e. The summed E-state index contributed by atoms with van der Waals surface area (Å²) in [4.78, 5) is 0. The average molecular weight is 229 g/mol. The first-order chi connectivity index (χ1) is 7.31. The van der Waals surface area contributed by atoms with E-state index in [4.69, 9.17) is 21.1 Å². The van der Waals surface area contributed by atoms with E-state index in [0.717, 1.165) is 23.5 Å². The predicted octanol–water partition coefficient (Wildman–Crippen LogP) is 3.61. The predicted molar refractivity (Wildman–Crippen MR) is 63.0 cm³/mol. The fourth-order valence-corrected chi connectivity index (χ4v) is 1.40. The third-order valence-electron chi connectivity index (χ3n) is 1.92. The van der Waals surface area contributed by atoms with E-state index in [1.54, 1.807) is 0 Å². The van der Waals surface area contributed by atoms with Crippen LogP contribution in [0.25, 0.3) is 0 Å². The van der Waals surface area contributed by atoms with Crippen LogP contribution >= 0.6 is 11.6 Å². The summed E-state index contributed by atoms with van der Waals surface area (Å²) >= 11 is 5.76. The molecule has 1 aromatic carbocycles. The number of rotatable bonds is 6. The van der Waals surface area contributed by atoms with Crippen molar-refractivity contribution in [1.29, 1.82) is 0 Å². The molecule has 0 heterocycles. The first-order valence-electron chi connectivity index (χ1n) is 5.26. The van der Waals surface area contributed by atoms with E-state index in [0.29, 0.717) is 19.1 Å². The molecule has 0 saturated carbocycles. The summed E-state index contributed by atoms with van der Waals surface area (Å²) in [5.74, 6) is 2.07. The van der Waals surface area contributed by atoms with Crippen molar-refractivity contribution in [2.24, 2.45) is 0 Å². The van der Waals surface area contributed by atoms with Crippen LogP contribution in [0.5, 0.6) is 11.5 Å². The van der Waals surface area contributed by atoms with Gasteiger partial charge in [0, 0.05) is 5.88 Å². The minimum atomic E-state index is 0.494. The van der Waals surface area contributed by atoms with Gasteiger partial charge in [0.25, 0.3) is 0 Å². The number of alkyl halides is 1. The monoisotopic (exact) mass is 228 g/mol. The second kappa shape index (κ2) is 6.57. The Bertz CT molecular complexity index is 300. The van der Waals surface area contributed by atoms with Crippen LogP contribution in [0.4, 0.5) is 0 Å². The molecule has 0 spiro atoms. The van der Waals surface area contributed by atoms with E-state index in [9.17, 15) is 0 Å². The molecule has 0 fully saturated rings. The number of ether oxygens (including phenoxy) is 2. The first kappa shape index (κ1) is 12.2. The maximum atomic E-state index is 5.76. The van der Waals surface area contributed by atoms with Gasteiger partial charge in [0.15, 0.2) is 11.5 Å². The molecule has 0 amide bonds. The molecule has 0 radical (unpaired) electrons. The van der Waals surface area contributed by atoms with Gasteiger partial charge in [-0.05, 0) is 31.0 Å². The van der Waals surface area contributed by atoms with Crippen molar-refractivity contribution in [3.63, 3.8) is 0 Å². The normalized spacial score (nSPS) is 10.1. The molecule has 1 aromatic rings. The summed E-state index contributed by atoms with van der Waals surface area (Å²) in [5, 5.41) is 0. The molecule has 0 aliphatic heterocycles. The SMILES string of the molecule is CCCOc1ccc(CCl)cc1OCC. The van der Waals surface area contributed by atoms with Crippen molar-refractivity contribution in [2.75, 3.05) is 13.2 Å². The molecule has 0 unspecified atom stereocenters. The zero-order valence-electron chi connectivity index (χ0n) is 9.25. The lowest BCUT2D eigenvalue weighted by Gasteiger charge is -2.12. The molecule has 0 aliphatic rings. The Balaban J connectivity index is 2.82. The quantitative estimate of drug-likeness (QED) is 0.693. The Labute approximate surface area is 96.2 Å². The molecule has 1 rings (SSSR count). The van der Waals surface area contributed by atoms with Crippen LogP contribution in [0.3, 0.4) is 0 Å². The Morgan fingerprint density at radius 2 is 1.93 bits per heavy atom. The van der Waals surface area contributed by atoms with E-state index in [-0.39, 0.29) is 0 Å². The molecular formula is C12H17ClO2. The van der Waals surface area contributed by atoms with Gasteiger partial charge in [-0.25, -0.2) is 0 Å². The highest BCUT2D eigenvalue weighted by molar-refractivity contribution is 6.17. The summed E-state index contributed by atoms with van der Waals surface area (Å²) in [5.41, 5.74) is 1.05. The lowest BCUT2D eigenvalue weighted by atomic mass is 10.2. The maximum Gasteiger partial charge on any atom is 0.161 e. The fourth-order valence-electron chi connectivity index (χ4n) is 1.24. The van der Waals surface area contributed by atoms with Crippen LogP contribution in [0.15, 0.2) is 18.2 Å². The van der Waals surface area contributed by atoms with Crippen LogP contribution in [0, 0.1) is 0 Å². The summed E-state index contributed by atoms with van der Waals surface area (Å²) in [7, 11) is 0. The van der Waals surface area contributed by atoms with Crippen LogP contribution < -0.4 is 9.47 Å². The molecule has 15 heavy (non-hydrogen) atoms. The topological polar surface area (TPSA) is 18.5 Å². The van der Waals surface area contributed by atoms with Gasteiger partial charge in [-0.3, -0.25) is 0 Å². The lowest BCUT2D eigenvalue weighted by molar-refractivity contribution is 0.277. The molecule has 84 valence electrons. The highest BCUT2D eigenvalue weighted by Gasteiger charge is 2.05. The van der Waals surface area contributed by atoms with Gasteiger partial charge in [-0.1, -0.05) is 13.0 Å². The minimum Gasteiger partial charge on any atom is -0.490 e. The van der Waals surface area contributed by atoms with E-state index >= 15 is 0 Å². The summed E-state index contributed by atoms with van der Waals surface area (Å²) < 4.78 is 11.1. The minimum absolute atomic E-state index is 0.494. The van der Waals surface area contributed by atoms with Gasteiger partial charge in [-0.2, -0.15) is 0 Å². The zero-order valence-corrected chi connectivity index (χ0v) is 10.0. The maximum absolute atomic E-state index is 5.76. The van der Waals surface area contributed by atoms with Crippen molar-refractivity contribution >= 4 is 11.6 Å². The summed E-state index contributed by atoms with van der Waals surface area (Å²) in [6, 6.07) is 5.81. The number of hydrogen-bond acceptors (Lipinski definition) is 2. The zero-order chi connectivity index (χ0) is 11.1. The fraction of sp³-hybridized carbons (Fsp3) is 0.500. The molecule has 0 aromatic heterocycles. The van der Waals surface area contributed by atoms with Gasteiger partial charge in [-0.15, -0.1) is 11.6 Å². The van der Waals surface area contributed by atoms with Crippen molar-refractivity contribution in [3.05, 3.63) is 23.8 Å². The Morgan fingerprint density at radius 3 is 2.53 bits per heavy atom. The van der Waals surface area contributed by atoms with Gasteiger partial charge in [0.05, 0.1) is 13.2 Å². The van der Waals surface area contributed by atoms with Crippen LogP contribution in [-0.2, 0) is 5.88 Å². The molecule has 0 saturated heterocycles. The molecule has 0 N–H and O–H groups in total. The summed E-state index contributed by atoms with van der Waals surface area (Å²) in [6.07, 6.45) is 0.989. The molecule has 0 aliphatic carbocycles. The molecule has 0 bridgehead atoms. The van der Waals surface area contributed by atoms with Gasteiger partial charge in [0.1, 0.15) is 0 Å². The van der Waals surface area contributed by atoms with Crippen molar-refractivity contribution < 1.29 is 9.47 Å². The smallest absolute Gasteiger partial charge is 0.161 e. The summed E-state index contributed by atoms with van der Waals surface area (Å²) in [6.45, 7) is 5.37. The Kier molecular flexibility index (Phi) is 5.33. The van der Waals surface area contributed by atoms with Crippen LogP contribution in [0.1, 0.15) is 25.8 Å². The van der Waals surface area contributed by atoms with E-state index in [1.807, 2.05) is 25.1 Å². The third kappa shape index (κ3) is 3.63. The second-order valence-corrected chi connectivity index (χ2v) is 3.46. The molecular weight excluding hydrogens is 212 g/mol. The molecule has 2 nitrogen and oxygen atoms in total. The molecule has 3 heteroatoms. The number of benzene rings is 1. The first-order valence-corrected chi connectivity index (χ1v) is 5.79. The van der Waals surface area contributed by atoms with Gasteiger partial charge >= 0.3 is 0 Å². The Morgan fingerprint density at radius 1 is 1.13 bits per heavy atom. The van der Waals surface area contributed by atoms with Crippen molar-refractivity contribution in [1.82, 2.24) is 0 Å². The van der Waals surface area contributed by atoms with Gasteiger partial charge < -0.3 is 9.47 Å². The standard InChI is InChI=1S/C12H17ClO2/c1-3-7-15-11-6-5-10(9-13)8-12(11)14-4-2/h5-6,8H,3-4,7,9H2,1-2H3. The van der Waals surface area contributed by atoms with Gasteiger partial charge in [0.2, 0.25) is 0 Å². The van der Waals surface area contributed by atoms with Crippen molar-refractivity contribution in [2.45, 2.75) is 26.1 Å². The van der Waals surface area contributed by atoms with Crippen LogP contribution in [0.2, 0.25) is 0 Å². The van der Waals surface area contributed by atoms with E-state index < -0.39 is 0 Å². The highest BCUT2D eigenvalue weighted by Crippen LogP contribution is 2.29. The highest BCUT2D eigenvalue weighted by atomic mass is 35.5. The average Bonchev–Trinajstić information content (AvgIpc) is 2.27. The number of halogens is 1. The lowest BCUT2D eigenvalue weighted by Crippen LogP contribution is -2.00. The van der Waals surface area contributed by atoms with Crippen molar-refractivity contribution in [3.8, 4) is 11.5 Å². The Hall–Kier alpha value is -0.890. The number of hydrogen-bond donors (Lipinski definition) is 0. The van der Waals surface area contributed by atoms with E-state index in [1.165, 1.54) is 0 Å².